The zero-order valence-corrected chi connectivity index (χ0v) is 4.58. The Morgan fingerprint density at radius 3 is 2.50 bits per heavy atom. The van der Waals surface area contributed by atoms with Gasteiger partial charge in [0.1, 0.15) is 0 Å². The molecule has 50 valence electrons. The normalized spacial score (nSPS) is 10.5. The highest BCUT2D eigenvalue weighted by Gasteiger charge is 1.94. The van der Waals surface area contributed by atoms with Gasteiger partial charge in [0.15, 0.2) is 6.29 Å². The predicted molar refractivity (Wildman–Crippen MR) is 27.6 cm³/mol. The van der Waals surface area contributed by atoms with E-state index in [-0.39, 0.29) is 0 Å². The van der Waals surface area contributed by atoms with E-state index in [1.165, 1.54) is 0 Å². The van der Waals surface area contributed by atoms with Crippen molar-refractivity contribution in [2.24, 2.45) is 5.90 Å². The zero-order chi connectivity index (χ0) is 6.41. The van der Waals surface area contributed by atoms with E-state index >= 15 is 0 Å². The van der Waals surface area contributed by atoms with E-state index in [1.807, 2.05) is 0 Å². The molecule has 0 saturated heterocycles. The van der Waals surface area contributed by atoms with Crippen LogP contribution in [0, 0.1) is 0 Å². The van der Waals surface area contributed by atoms with Crippen molar-refractivity contribution in [3.8, 4) is 0 Å². The molecule has 0 aromatic carbocycles. The number of aliphatic hydroxyl groups is 2. The third kappa shape index (κ3) is 5.84. The van der Waals surface area contributed by atoms with Gasteiger partial charge in [0, 0.05) is 6.42 Å². The Hall–Kier alpha value is -0.160. The summed E-state index contributed by atoms with van der Waals surface area (Å²) in [5.74, 6) is 4.65. The zero-order valence-electron chi connectivity index (χ0n) is 4.58. The average Bonchev–Trinajstić information content (AvgIpc) is 1.66. The van der Waals surface area contributed by atoms with Crippen LogP contribution in [0.4, 0.5) is 0 Å². The minimum absolute atomic E-state index is 0.317. The lowest BCUT2D eigenvalue weighted by molar-refractivity contribution is -0.0505. The summed E-state index contributed by atoms with van der Waals surface area (Å²) in [6, 6.07) is 0. The molecule has 0 aliphatic rings. The second kappa shape index (κ2) is 4.99. The molecule has 0 aliphatic heterocycles. The molecule has 8 heavy (non-hydrogen) atoms. The third-order valence-electron chi connectivity index (χ3n) is 0.725. The molecule has 0 amide bonds. The van der Waals surface area contributed by atoms with E-state index in [1.54, 1.807) is 0 Å². The number of rotatable bonds is 4. The molecule has 0 rings (SSSR count). The molecule has 0 saturated carbocycles. The van der Waals surface area contributed by atoms with E-state index in [4.69, 9.17) is 10.2 Å². The van der Waals surface area contributed by atoms with Gasteiger partial charge in [0.2, 0.25) is 0 Å². The minimum atomic E-state index is -1.23. The van der Waals surface area contributed by atoms with Gasteiger partial charge in [-0.3, -0.25) is 0 Å². The molecule has 0 radical (unpaired) electrons. The minimum Gasteiger partial charge on any atom is -0.368 e. The van der Waals surface area contributed by atoms with Crippen LogP contribution in [0.2, 0.25) is 0 Å². The van der Waals surface area contributed by atoms with Gasteiger partial charge in [0.25, 0.3) is 0 Å². The van der Waals surface area contributed by atoms with Gasteiger partial charge in [-0.05, 0) is 6.42 Å². The van der Waals surface area contributed by atoms with E-state index in [0.717, 1.165) is 0 Å². The topological polar surface area (TPSA) is 75.7 Å². The molecule has 0 aromatic rings. The van der Waals surface area contributed by atoms with E-state index in [2.05, 4.69) is 10.7 Å². The van der Waals surface area contributed by atoms with Crippen LogP contribution in [0.25, 0.3) is 0 Å². The van der Waals surface area contributed by atoms with Crippen molar-refractivity contribution in [1.82, 2.24) is 0 Å². The van der Waals surface area contributed by atoms with Gasteiger partial charge in [-0.2, -0.15) is 0 Å². The van der Waals surface area contributed by atoms with E-state index in [9.17, 15) is 0 Å². The van der Waals surface area contributed by atoms with Gasteiger partial charge in [0.05, 0.1) is 6.61 Å². The van der Waals surface area contributed by atoms with Gasteiger partial charge >= 0.3 is 0 Å². The van der Waals surface area contributed by atoms with Crippen molar-refractivity contribution >= 4 is 0 Å². The van der Waals surface area contributed by atoms with Crippen LogP contribution >= 0.6 is 0 Å². The number of hydrogen-bond donors (Lipinski definition) is 3. The lowest BCUT2D eigenvalue weighted by atomic mass is 10.3. The largest absolute Gasteiger partial charge is 0.368 e. The molecule has 4 nitrogen and oxygen atoms in total. The smallest absolute Gasteiger partial charge is 0.151 e. The maximum atomic E-state index is 8.24. The van der Waals surface area contributed by atoms with Gasteiger partial charge in [-0.15, -0.1) is 0 Å². The molecule has 0 spiro atoms. The summed E-state index contributed by atoms with van der Waals surface area (Å²) in [5.41, 5.74) is 0. The number of aliphatic hydroxyl groups excluding tert-OH is 1. The fraction of sp³-hybridized carbons (Fsp3) is 1.00. The molecule has 4 heteroatoms. The molecule has 0 fully saturated rings. The van der Waals surface area contributed by atoms with Crippen molar-refractivity contribution in [2.45, 2.75) is 19.1 Å². The monoisotopic (exact) mass is 121 g/mol. The second-order valence-corrected chi connectivity index (χ2v) is 1.49. The molecular weight excluding hydrogens is 110 g/mol. The Morgan fingerprint density at radius 1 is 1.50 bits per heavy atom. The van der Waals surface area contributed by atoms with Crippen LogP contribution in [-0.4, -0.2) is 23.1 Å². The third-order valence-corrected chi connectivity index (χ3v) is 0.725. The van der Waals surface area contributed by atoms with Crippen molar-refractivity contribution in [2.75, 3.05) is 6.61 Å². The van der Waals surface area contributed by atoms with Gasteiger partial charge in [-0.25, -0.2) is 5.90 Å². The summed E-state index contributed by atoms with van der Waals surface area (Å²) < 4.78 is 0. The van der Waals surface area contributed by atoms with Crippen molar-refractivity contribution < 1.29 is 15.1 Å². The average molecular weight is 121 g/mol. The molecule has 0 aliphatic carbocycles. The second-order valence-electron chi connectivity index (χ2n) is 1.49. The summed E-state index contributed by atoms with van der Waals surface area (Å²) in [5, 5.41) is 16.5. The molecule has 0 heterocycles. The quantitative estimate of drug-likeness (QED) is 0.252. The standard InChI is InChI=1S/C4H11NO3/c5-8-3-1-2-4(6)7/h4,6-7H,1-3,5H2. The van der Waals surface area contributed by atoms with Crippen molar-refractivity contribution in [1.29, 1.82) is 0 Å². The molecule has 0 aromatic heterocycles. The fourth-order valence-electron chi connectivity index (χ4n) is 0.349. The highest BCUT2D eigenvalue weighted by Crippen LogP contribution is 1.91. The summed E-state index contributed by atoms with van der Waals surface area (Å²) in [7, 11) is 0. The first kappa shape index (κ1) is 7.84. The molecule has 0 unspecified atom stereocenters. The molecule has 4 N–H and O–H groups in total. The SMILES string of the molecule is NOCCCC(O)O. The molecule has 0 bridgehead atoms. The first-order chi connectivity index (χ1) is 3.77. The Morgan fingerprint density at radius 2 is 2.12 bits per heavy atom. The van der Waals surface area contributed by atoms with E-state index in [0.29, 0.717) is 19.4 Å². The summed E-state index contributed by atoms with van der Waals surface area (Å²) in [6.45, 7) is 0.373. The maximum absolute atomic E-state index is 8.24. The summed E-state index contributed by atoms with van der Waals surface area (Å²) in [4.78, 5) is 4.17. The summed E-state index contributed by atoms with van der Waals surface area (Å²) in [6.07, 6.45) is -0.337. The van der Waals surface area contributed by atoms with Crippen LogP contribution in [0.3, 0.4) is 0 Å². The van der Waals surface area contributed by atoms with Crippen LogP contribution in [-0.2, 0) is 4.84 Å². The van der Waals surface area contributed by atoms with Crippen LogP contribution in [0.15, 0.2) is 0 Å². The number of nitrogens with two attached hydrogens (primary N) is 1. The fourth-order valence-corrected chi connectivity index (χ4v) is 0.349. The Kier molecular flexibility index (Phi) is 4.89. The highest BCUT2D eigenvalue weighted by molar-refractivity contribution is 4.37. The van der Waals surface area contributed by atoms with Gasteiger partial charge in [-0.1, -0.05) is 0 Å². The van der Waals surface area contributed by atoms with Crippen LogP contribution < -0.4 is 5.90 Å². The van der Waals surface area contributed by atoms with Crippen LogP contribution in [0.1, 0.15) is 12.8 Å². The van der Waals surface area contributed by atoms with Crippen molar-refractivity contribution in [3.63, 3.8) is 0 Å². The first-order valence-corrected chi connectivity index (χ1v) is 2.45. The molecule has 0 atom stereocenters. The van der Waals surface area contributed by atoms with Crippen LogP contribution in [0.5, 0.6) is 0 Å². The lowest BCUT2D eigenvalue weighted by Crippen LogP contribution is -2.07. The predicted octanol–water partition coefficient (Wildman–Crippen LogP) is -1.03. The Labute approximate surface area is 47.8 Å². The van der Waals surface area contributed by atoms with Crippen molar-refractivity contribution in [3.05, 3.63) is 0 Å². The highest BCUT2D eigenvalue weighted by atomic mass is 16.6. The Balaban J connectivity index is 2.72. The van der Waals surface area contributed by atoms with E-state index < -0.39 is 6.29 Å². The lowest BCUT2D eigenvalue weighted by Gasteiger charge is -1.99. The first-order valence-electron chi connectivity index (χ1n) is 2.45. The summed E-state index contributed by atoms with van der Waals surface area (Å²) >= 11 is 0. The maximum Gasteiger partial charge on any atom is 0.151 e. The van der Waals surface area contributed by atoms with Gasteiger partial charge < -0.3 is 15.1 Å². The molecular formula is C4H11NO3. The Bertz CT molecular complexity index is 48.5. The number of hydrogen-bond acceptors (Lipinski definition) is 4.